The van der Waals surface area contributed by atoms with Crippen LogP contribution in [0.3, 0.4) is 0 Å². The van der Waals surface area contributed by atoms with Gasteiger partial charge in [-0.1, -0.05) is 12.8 Å². The van der Waals surface area contributed by atoms with Gasteiger partial charge in [-0.05, 0) is 32.6 Å². The fraction of sp³-hybridized carbons (Fsp3) is 0.929. The minimum atomic E-state index is 0.211. The quantitative estimate of drug-likeness (QED) is 0.837. The van der Waals surface area contributed by atoms with Crippen LogP contribution in [-0.2, 0) is 4.79 Å². The molecule has 2 unspecified atom stereocenters. The molecular weight excluding hydrogens is 244 g/mol. The van der Waals surface area contributed by atoms with Crippen LogP contribution in [0.4, 0.5) is 0 Å². The fourth-order valence-corrected chi connectivity index (χ4v) is 4.18. The number of hydrogen-bond acceptors (Lipinski definition) is 3. The lowest BCUT2D eigenvalue weighted by atomic mass is 9.82. The third-order valence-corrected chi connectivity index (χ3v) is 5.48. The van der Waals surface area contributed by atoms with Gasteiger partial charge in [0.25, 0.3) is 0 Å². The molecule has 2 N–H and O–H groups in total. The van der Waals surface area contributed by atoms with Gasteiger partial charge < -0.3 is 10.6 Å². The zero-order chi connectivity index (χ0) is 13.2. The van der Waals surface area contributed by atoms with Gasteiger partial charge >= 0.3 is 0 Å². The molecule has 18 heavy (non-hydrogen) atoms. The van der Waals surface area contributed by atoms with Crippen molar-refractivity contribution in [2.45, 2.75) is 56.7 Å². The van der Waals surface area contributed by atoms with Gasteiger partial charge in [0.05, 0.1) is 0 Å². The number of nitrogens with two attached hydrogens (primary N) is 1. The van der Waals surface area contributed by atoms with E-state index >= 15 is 0 Å². The molecular formula is C14H26N2OS. The van der Waals surface area contributed by atoms with E-state index < -0.39 is 0 Å². The Hall–Kier alpha value is -0.220. The lowest BCUT2D eigenvalue weighted by molar-refractivity contribution is -0.132. The first-order valence-electron chi connectivity index (χ1n) is 7.15. The largest absolute Gasteiger partial charge is 0.340 e. The van der Waals surface area contributed by atoms with E-state index in [1.165, 1.54) is 12.8 Å². The molecule has 0 aromatic rings. The van der Waals surface area contributed by atoms with Crippen molar-refractivity contribution >= 4 is 17.7 Å². The van der Waals surface area contributed by atoms with Gasteiger partial charge in [0.2, 0.25) is 5.91 Å². The van der Waals surface area contributed by atoms with Crippen molar-refractivity contribution in [1.29, 1.82) is 0 Å². The summed E-state index contributed by atoms with van der Waals surface area (Å²) in [5.74, 6) is 1.81. The van der Waals surface area contributed by atoms with E-state index in [1.54, 1.807) is 0 Å². The molecule has 2 fully saturated rings. The Balaban J connectivity index is 1.87. The zero-order valence-corrected chi connectivity index (χ0v) is 12.5. The standard InChI is InChI=1S/C14H26N2OS/c1-14(2)10-16(7-8-18-14)13(17)9-11-5-3-4-6-12(11)15/h11-12H,3-10,15H2,1-2H3. The molecule has 2 atom stereocenters. The Bertz CT molecular complexity index is 306. The molecule has 0 spiro atoms. The van der Waals surface area contributed by atoms with Crippen LogP contribution in [0.5, 0.6) is 0 Å². The van der Waals surface area contributed by atoms with Gasteiger partial charge in [-0.15, -0.1) is 0 Å². The second-order valence-electron chi connectivity index (χ2n) is 6.34. The third kappa shape index (κ3) is 3.64. The summed E-state index contributed by atoms with van der Waals surface area (Å²) in [7, 11) is 0. The zero-order valence-electron chi connectivity index (χ0n) is 11.7. The molecule has 1 amide bonds. The summed E-state index contributed by atoms with van der Waals surface area (Å²) < 4.78 is 0.211. The van der Waals surface area contributed by atoms with E-state index in [1.807, 2.05) is 11.8 Å². The van der Waals surface area contributed by atoms with E-state index in [2.05, 4.69) is 18.7 Å². The molecule has 1 saturated heterocycles. The second-order valence-corrected chi connectivity index (χ2v) is 8.14. The van der Waals surface area contributed by atoms with Crippen LogP contribution in [0.2, 0.25) is 0 Å². The van der Waals surface area contributed by atoms with Crippen molar-refractivity contribution in [2.75, 3.05) is 18.8 Å². The van der Waals surface area contributed by atoms with E-state index in [9.17, 15) is 4.79 Å². The van der Waals surface area contributed by atoms with Crippen molar-refractivity contribution in [3.63, 3.8) is 0 Å². The average molecular weight is 270 g/mol. The lowest BCUT2D eigenvalue weighted by Crippen LogP contribution is -2.47. The predicted molar refractivity (Wildman–Crippen MR) is 77.7 cm³/mol. The van der Waals surface area contributed by atoms with Crippen LogP contribution in [0.1, 0.15) is 46.0 Å². The Labute approximate surface area is 115 Å². The summed E-state index contributed by atoms with van der Waals surface area (Å²) >= 11 is 1.97. The van der Waals surface area contributed by atoms with Crippen LogP contribution < -0.4 is 5.73 Å². The van der Waals surface area contributed by atoms with Crippen molar-refractivity contribution in [3.8, 4) is 0 Å². The number of hydrogen-bond donors (Lipinski definition) is 1. The SMILES string of the molecule is CC1(C)CN(C(=O)CC2CCCCC2N)CCS1. The van der Waals surface area contributed by atoms with E-state index in [4.69, 9.17) is 5.73 Å². The summed E-state index contributed by atoms with van der Waals surface area (Å²) in [6.07, 6.45) is 5.38. The highest BCUT2D eigenvalue weighted by Crippen LogP contribution is 2.31. The van der Waals surface area contributed by atoms with Gasteiger partial charge in [-0.2, -0.15) is 11.8 Å². The Morgan fingerprint density at radius 2 is 2.11 bits per heavy atom. The number of nitrogens with zero attached hydrogens (tertiary/aromatic N) is 1. The minimum Gasteiger partial charge on any atom is -0.340 e. The predicted octanol–water partition coefficient (Wildman–Crippen LogP) is 2.25. The summed E-state index contributed by atoms with van der Waals surface area (Å²) in [5.41, 5.74) is 6.14. The smallest absolute Gasteiger partial charge is 0.222 e. The highest BCUT2D eigenvalue weighted by atomic mass is 32.2. The number of amides is 1. The molecule has 1 aliphatic heterocycles. The van der Waals surface area contributed by atoms with Gasteiger partial charge in [0.1, 0.15) is 0 Å². The topological polar surface area (TPSA) is 46.3 Å². The molecule has 4 heteroatoms. The number of rotatable bonds is 2. The molecule has 3 nitrogen and oxygen atoms in total. The monoisotopic (exact) mass is 270 g/mol. The first-order valence-corrected chi connectivity index (χ1v) is 8.14. The normalized spacial score (nSPS) is 32.3. The highest BCUT2D eigenvalue weighted by Gasteiger charge is 2.32. The summed E-state index contributed by atoms with van der Waals surface area (Å²) in [6, 6.07) is 0.245. The van der Waals surface area contributed by atoms with Crippen molar-refractivity contribution in [2.24, 2.45) is 11.7 Å². The molecule has 104 valence electrons. The average Bonchev–Trinajstić information content (AvgIpc) is 2.31. The number of thioether (sulfide) groups is 1. The first kappa shape index (κ1) is 14.2. The fourth-order valence-electron chi connectivity index (χ4n) is 3.07. The molecule has 0 bridgehead atoms. The van der Waals surface area contributed by atoms with Crippen LogP contribution in [-0.4, -0.2) is 40.4 Å². The first-order chi connectivity index (χ1) is 8.48. The summed E-state index contributed by atoms with van der Waals surface area (Å²) in [6.45, 7) is 6.25. The highest BCUT2D eigenvalue weighted by molar-refractivity contribution is 8.00. The van der Waals surface area contributed by atoms with Crippen LogP contribution in [0.15, 0.2) is 0 Å². The second kappa shape index (κ2) is 5.83. The van der Waals surface area contributed by atoms with Crippen LogP contribution in [0.25, 0.3) is 0 Å². The molecule has 0 aromatic carbocycles. The summed E-state index contributed by atoms with van der Waals surface area (Å²) in [4.78, 5) is 14.4. The molecule has 2 rings (SSSR count). The van der Waals surface area contributed by atoms with Crippen molar-refractivity contribution in [3.05, 3.63) is 0 Å². The van der Waals surface area contributed by atoms with E-state index in [-0.39, 0.29) is 10.8 Å². The lowest BCUT2D eigenvalue weighted by Gasteiger charge is -2.39. The molecule has 0 aromatic heterocycles. The Morgan fingerprint density at radius 1 is 1.39 bits per heavy atom. The third-order valence-electron chi connectivity index (χ3n) is 4.18. The van der Waals surface area contributed by atoms with Gasteiger partial charge in [0.15, 0.2) is 0 Å². The number of carbonyl (C=O) groups is 1. The van der Waals surface area contributed by atoms with Gasteiger partial charge in [-0.25, -0.2) is 0 Å². The Kier molecular flexibility index (Phi) is 4.59. The molecule has 2 aliphatic rings. The van der Waals surface area contributed by atoms with E-state index in [0.29, 0.717) is 18.2 Å². The molecule has 0 radical (unpaired) electrons. The van der Waals surface area contributed by atoms with Crippen LogP contribution in [0, 0.1) is 5.92 Å². The Morgan fingerprint density at radius 3 is 2.78 bits per heavy atom. The van der Waals surface area contributed by atoms with Crippen molar-refractivity contribution < 1.29 is 4.79 Å². The molecule has 1 aliphatic carbocycles. The van der Waals surface area contributed by atoms with Crippen LogP contribution >= 0.6 is 11.8 Å². The summed E-state index contributed by atoms with van der Waals surface area (Å²) in [5, 5.41) is 0. The van der Waals surface area contributed by atoms with E-state index in [0.717, 1.165) is 31.7 Å². The van der Waals surface area contributed by atoms with Gasteiger partial charge in [0, 0.05) is 36.1 Å². The maximum absolute atomic E-state index is 12.4. The maximum Gasteiger partial charge on any atom is 0.222 e. The molecule has 1 heterocycles. The molecule has 1 saturated carbocycles. The van der Waals surface area contributed by atoms with Crippen molar-refractivity contribution in [1.82, 2.24) is 4.90 Å². The minimum absolute atomic E-state index is 0.211. The van der Waals surface area contributed by atoms with Gasteiger partial charge in [-0.3, -0.25) is 4.79 Å². The maximum atomic E-state index is 12.4. The number of carbonyl (C=O) groups excluding carboxylic acids is 1.